The Hall–Kier alpha value is -3.82. The number of halogens is 4. The van der Waals surface area contributed by atoms with Crippen LogP contribution in [0.15, 0.2) is 42.6 Å². The minimum absolute atomic E-state index is 0.0424. The van der Waals surface area contributed by atoms with Crippen molar-refractivity contribution in [2.24, 2.45) is 0 Å². The van der Waals surface area contributed by atoms with Gasteiger partial charge in [-0.1, -0.05) is 24.3 Å². The lowest BCUT2D eigenvalue weighted by Gasteiger charge is -2.34. The second-order valence-electron chi connectivity index (χ2n) is 12.9. The number of hydrogen-bond acceptors (Lipinski definition) is 10. The molecular weight excluding hydrogens is 640 g/mol. The van der Waals surface area contributed by atoms with E-state index in [9.17, 15) is 21.6 Å². The molecule has 0 amide bonds. The molecule has 8 rings (SSSR count). The third-order valence-corrected chi connectivity index (χ3v) is 11.0. The predicted octanol–water partition coefficient (Wildman–Crippen LogP) is 5.16. The SMILES string of the molecule is O=S(=O)(Oc1cc(-c2ncc3c(N4C[C@H]5CC[C@@H](C4)N5)nc(OCC45CCCN4CCC5)nc3c2F)c2ccccc2c1)C(F)(F)F. The Balaban J connectivity index is 1.25. The van der Waals surface area contributed by atoms with E-state index in [2.05, 4.69) is 29.3 Å². The molecule has 248 valence electrons. The zero-order valence-corrected chi connectivity index (χ0v) is 26.1. The van der Waals surface area contributed by atoms with Crippen molar-refractivity contribution in [3.8, 4) is 23.0 Å². The molecule has 0 unspecified atom stereocenters. The first-order chi connectivity index (χ1) is 22.5. The third-order valence-electron chi connectivity index (χ3n) is 10.0. The molecular formula is C32H32F4N6O4S. The Morgan fingerprint density at radius 2 is 1.72 bits per heavy atom. The molecule has 0 saturated carbocycles. The minimum Gasteiger partial charge on any atom is -0.461 e. The Morgan fingerprint density at radius 3 is 2.45 bits per heavy atom. The lowest BCUT2D eigenvalue weighted by molar-refractivity contribution is -0.0500. The fraction of sp³-hybridized carbons (Fsp3) is 0.469. The van der Waals surface area contributed by atoms with Crippen molar-refractivity contribution in [1.29, 1.82) is 0 Å². The molecule has 4 fully saturated rings. The lowest BCUT2D eigenvalue weighted by atomic mass is 9.95. The van der Waals surface area contributed by atoms with Gasteiger partial charge in [0.05, 0.1) is 10.9 Å². The van der Waals surface area contributed by atoms with E-state index in [4.69, 9.17) is 9.72 Å². The number of anilines is 1. The fourth-order valence-electron chi connectivity index (χ4n) is 7.85. The van der Waals surface area contributed by atoms with Crippen LogP contribution in [0.1, 0.15) is 38.5 Å². The Labute approximate surface area is 268 Å². The van der Waals surface area contributed by atoms with E-state index in [1.807, 2.05) is 0 Å². The smallest absolute Gasteiger partial charge is 0.461 e. The van der Waals surface area contributed by atoms with Gasteiger partial charge >= 0.3 is 21.6 Å². The fourth-order valence-corrected chi connectivity index (χ4v) is 8.29. The van der Waals surface area contributed by atoms with Crippen LogP contribution in [0, 0.1) is 5.82 Å². The Kier molecular flexibility index (Phi) is 7.22. The van der Waals surface area contributed by atoms with E-state index in [0.29, 0.717) is 41.7 Å². The van der Waals surface area contributed by atoms with Gasteiger partial charge in [0.15, 0.2) is 5.82 Å². The van der Waals surface area contributed by atoms with Gasteiger partial charge in [-0.15, -0.1) is 0 Å². The Bertz CT molecular complexity index is 1970. The number of hydrogen-bond donors (Lipinski definition) is 1. The number of ether oxygens (including phenoxy) is 1. The van der Waals surface area contributed by atoms with Crippen molar-refractivity contribution in [1.82, 2.24) is 25.2 Å². The third kappa shape index (κ3) is 5.32. The molecule has 2 bridgehead atoms. The van der Waals surface area contributed by atoms with Crippen LogP contribution < -0.4 is 19.1 Å². The molecule has 4 aliphatic heterocycles. The summed E-state index contributed by atoms with van der Waals surface area (Å²) in [6.07, 6.45) is 7.69. The average molecular weight is 673 g/mol. The standard InChI is InChI=1S/C32H32F4N6O4S/c33-26-27(24-14-22(46-47(43,44)32(34,35)36)13-19-5-1-2-6-23(19)24)37-15-25-28(26)39-30(45-18-31-9-3-11-42(31)12-4-10-31)40-29(25)41-16-20-7-8-21(17-41)38-20/h1-2,5-6,13-15,20-21,38H,3-4,7-12,16-18H2/t20-,21+. The number of nitrogens with zero attached hydrogens (tertiary/aromatic N) is 5. The minimum atomic E-state index is -5.98. The molecule has 6 heterocycles. The van der Waals surface area contributed by atoms with E-state index in [1.54, 1.807) is 24.3 Å². The van der Waals surface area contributed by atoms with E-state index < -0.39 is 27.2 Å². The van der Waals surface area contributed by atoms with E-state index in [-0.39, 0.29) is 40.4 Å². The quantitative estimate of drug-likeness (QED) is 0.161. The lowest BCUT2D eigenvalue weighted by Crippen LogP contribution is -2.51. The highest BCUT2D eigenvalue weighted by atomic mass is 32.2. The monoisotopic (exact) mass is 672 g/mol. The first kappa shape index (κ1) is 30.5. The van der Waals surface area contributed by atoms with Crippen molar-refractivity contribution in [2.45, 2.75) is 61.7 Å². The van der Waals surface area contributed by atoms with Gasteiger partial charge in [0.1, 0.15) is 29.4 Å². The van der Waals surface area contributed by atoms with Crippen LogP contribution in [-0.4, -0.2) is 84.2 Å². The van der Waals surface area contributed by atoms with Crippen molar-refractivity contribution in [3.63, 3.8) is 0 Å². The molecule has 4 aromatic rings. The maximum absolute atomic E-state index is 16.8. The summed E-state index contributed by atoms with van der Waals surface area (Å²) in [5.41, 5.74) is -5.97. The first-order valence-corrected chi connectivity index (χ1v) is 17.2. The van der Waals surface area contributed by atoms with Crippen LogP contribution in [-0.2, 0) is 10.1 Å². The number of alkyl halides is 3. The number of rotatable bonds is 7. The summed E-state index contributed by atoms with van der Waals surface area (Å²) < 4.78 is 90.9. The van der Waals surface area contributed by atoms with Crippen molar-refractivity contribution >= 4 is 37.6 Å². The summed E-state index contributed by atoms with van der Waals surface area (Å²) in [7, 11) is -5.98. The van der Waals surface area contributed by atoms with Gasteiger partial charge < -0.3 is 19.1 Å². The van der Waals surface area contributed by atoms with E-state index in [0.717, 1.165) is 63.7 Å². The molecule has 15 heteroatoms. The van der Waals surface area contributed by atoms with E-state index >= 15 is 4.39 Å². The van der Waals surface area contributed by atoms with Crippen molar-refractivity contribution in [3.05, 3.63) is 48.4 Å². The van der Waals surface area contributed by atoms with Gasteiger partial charge in [-0.05, 0) is 74.5 Å². The number of benzene rings is 2. The zero-order chi connectivity index (χ0) is 32.6. The number of fused-ring (bicyclic) bond motifs is 5. The summed E-state index contributed by atoms with van der Waals surface area (Å²) in [4.78, 5) is 18.4. The van der Waals surface area contributed by atoms with Crippen LogP contribution in [0.25, 0.3) is 32.9 Å². The number of piperazine rings is 1. The molecule has 2 aromatic carbocycles. The molecule has 10 nitrogen and oxygen atoms in total. The summed E-state index contributed by atoms with van der Waals surface area (Å²) >= 11 is 0. The predicted molar refractivity (Wildman–Crippen MR) is 166 cm³/mol. The summed E-state index contributed by atoms with van der Waals surface area (Å²) in [5.74, 6) is -0.957. The number of pyridine rings is 1. The largest absolute Gasteiger partial charge is 0.534 e. The van der Waals surface area contributed by atoms with Crippen LogP contribution in [0.3, 0.4) is 0 Å². The van der Waals surface area contributed by atoms with Gasteiger partial charge in [-0.2, -0.15) is 31.6 Å². The zero-order valence-electron chi connectivity index (χ0n) is 25.3. The maximum atomic E-state index is 16.8. The van der Waals surface area contributed by atoms with Crippen molar-refractivity contribution in [2.75, 3.05) is 37.7 Å². The summed E-state index contributed by atoms with van der Waals surface area (Å²) in [6.45, 7) is 3.74. The van der Waals surface area contributed by atoms with Gasteiger partial charge in [0.2, 0.25) is 0 Å². The van der Waals surface area contributed by atoms with Crippen molar-refractivity contribution < 1.29 is 34.9 Å². The Morgan fingerprint density at radius 1 is 1.00 bits per heavy atom. The first-order valence-electron chi connectivity index (χ1n) is 15.8. The van der Waals surface area contributed by atoms with Crippen LogP contribution in [0.5, 0.6) is 11.8 Å². The highest BCUT2D eigenvalue weighted by molar-refractivity contribution is 7.88. The normalized spacial score (nSPS) is 22.7. The molecule has 4 aliphatic rings. The molecule has 0 aliphatic carbocycles. The topological polar surface area (TPSA) is 110 Å². The van der Waals surface area contributed by atoms with Crippen LogP contribution in [0.2, 0.25) is 0 Å². The average Bonchev–Trinajstić information content (AvgIpc) is 3.72. The second-order valence-corrected chi connectivity index (χ2v) is 14.5. The highest BCUT2D eigenvalue weighted by Gasteiger charge is 2.49. The molecule has 2 atom stereocenters. The van der Waals surface area contributed by atoms with Gasteiger partial charge in [0.25, 0.3) is 0 Å². The van der Waals surface area contributed by atoms with Crippen LogP contribution >= 0.6 is 0 Å². The van der Waals surface area contributed by atoms with Gasteiger partial charge in [-0.25, -0.2) is 4.39 Å². The molecule has 47 heavy (non-hydrogen) atoms. The van der Waals surface area contributed by atoms with Crippen LogP contribution in [0.4, 0.5) is 23.4 Å². The van der Waals surface area contributed by atoms with Gasteiger partial charge in [0, 0.05) is 36.9 Å². The summed E-state index contributed by atoms with van der Waals surface area (Å²) in [6, 6.07) is 9.28. The molecule has 1 N–H and O–H groups in total. The molecule has 0 radical (unpaired) electrons. The van der Waals surface area contributed by atoms with E-state index in [1.165, 1.54) is 6.20 Å². The maximum Gasteiger partial charge on any atom is 0.534 e. The summed E-state index contributed by atoms with van der Waals surface area (Å²) in [5, 5.41) is 4.73. The highest BCUT2D eigenvalue weighted by Crippen LogP contribution is 2.41. The second kappa shape index (κ2) is 11.1. The molecule has 2 aromatic heterocycles. The molecule has 4 saturated heterocycles. The number of aromatic nitrogens is 3. The van der Waals surface area contributed by atoms with Gasteiger partial charge in [-0.3, -0.25) is 9.88 Å². The molecule has 0 spiro atoms. The number of nitrogens with one attached hydrogen (secondary N) is 1.